The lowest BCUT2D eigenvalue weighted by atomic mass is 10.1. The zero-order valence-electron chi connectivity index (χ0n) is 10.9. The lowest BCUT2D eigenvalue weighted by Gasteiger charge is -2.18. The molecule has 0 unspecified atom stereocenters. The zero-order chi connectivity index (χ0) is 13.3. The highest BCUT2D eigenvalue weighted by atomic mass is 32.2. The molecule has 1 aromatic carbocycles. The normalized spacial score (nSPS) is 12.8. The van der Waals surface area contributed by atoms with Crippen molar-refractivity contribution >= 4 is 9.84 Å². The molecule has 1 rings (SSSR count). The Balaban J connectivity index is 2.91. The van der Waals surface area contributed by atoms with Gasteiger partial charge in [-0.3, -0.25) is 0 Å². The van der Waals surface area contributed by atoms with E-state index in [1.165, 1.54) is 0 Å². The van der Waals surface area contributed by atoms with Gasteiger partial charge in [-0.1, -0.05) is 29.3 Å². The molecule has 0 aromatic heterocycles. The fourth-order valence-electron chi connectivity index (χ4n) is 2.02. The summed E-state index contributed by atoms with van der Waals surface area (Å²) in [5.74, 6) is 0.0726. The molecule has 0 bridgehead atoms. The van der Waals surface area contributed by atoms with Crippen molar-refractivity contribution in [3.63, 3.8) is 0 Å². The molecule has 0 heterocycles. The summed E-state index contributed by atoms with van der Waals surface area (Å²) in [5.41, 5.74) is 8.08. The molecule has 0 fully saturated rings. The van der Waals surface area contributed by atoms with Crippen molar-refractivity contribution in [3.8, 4) is 0 Å². The maximum Gasteiger partial charge on any atom is 0.156 e. The molecule has 17 heavy (non-hydrogen) atoms. The average Bonchev–Trinajstić information content (AvgIpc) is 1.93. The molecule has 0 aliphatic rings. The first kappa shape index (κ1) is 14.2. The van der Waals surface area contributed by atoms with Crippen LogP contribution in [0.2, 0.25) is 0 Å². The highest BCUT2D eigenvalue weighted by Crippen LogP contribution is 2.14. The number of benzene rings is 1. The van der Waals surface area contributed by atoms with E-state index >= 15 is 0 Å². The van der Waals surface area contributed by atoms with E-state index < -0.39 is 15.4 Å². The molecule has 0 atom stereocenters. The van der Waals surface area contributed by atoms with E-state index in [9.17, 15) is 8.42 Å². The SMILES string of the molecule is Cc1cc(C)cc(CS(=O)(=O)CC(C)(C)N)c1. The van der Waals surface area contributed by atoms with Gasteiger partial charge < -0.3 is 5.73 Å². The van der Waals surface area contributed by atoms with E-state index in [1.807, 2.05) is 32.0 Å². The molecule has 0 amide bonds. The first-order valence-electron chi connectivity index (χ1n) is 5.64. The molecule has 0 saturated heterocycles. The van der Waals surface area contributed by atoms with Crippen LogP contribution in [-0.2, 0) is 15.6 Å². The molecule has 2 N–H and O–H groups in total. The Bertz CT molecular complexity index is 478. The number of sulfone groups is 1. The summed E-state index contributed by atoms with van der Waals surface area (Å²) in [6.45, 7) is 7.39. The minimum atomic E-state index is -3.15. The fourth-order valence-corrected chi connectivity index (χ4v) is 3.93. The van der Waals surface area contributed by atoms with Gasteiger partial charge in [-0.05, 0) is 33.3 Å². The number of hydrogen-bond donors (Lipinski definition) is 1. The molecule has 0 spiro atoms. The highest BCUT2D eigenvalue weighted by Gasteiger charge is 2.22. The zero-order valence-corrected chi connectivity index (χ0v) is 11.8. The van der Waals surface area contributed by atoms with Gasteiger partial charge in [0.25, 0.3) is 0 Å². The van der Waals surface area contributed by atoms with Crippen LogP contribution in [0.1, 0.15) is 30.5 Å². The molecule has 0 aliphatic carbocycles. The Labute approximate surface area is 104 Å². The van der Waals surface area contributed by atoms with Gasteiger partial charge in [0.2, 0.25) is 0 Å². The molecule has 0 saturated carbocycles. The minimum absolute atomic E-state index is 0.00693. The van der Waals surface area contributed by atoms with Crippen LogP contribution < -0.4 is 5.73 Å². The topological polar surface area (TPSA) is 60.2 Å². The quantitative estimate of drug-likeness (QED) is 0.894. The van der Waals surface area contributed by atoms with Crippen LogP contribution in [0.4, 0.5) is 0 Å². The predicted octanol–water partition coefficient (Wildman–Crippen LogP) is 1.96. The summed E-state index contributed by atoms with van der Waals surface area (Å²) >= 11 is 0. The van der Waals surface area contributed by atoms with E-state index in [0.29, 0.717) is 0 Å². The molecule has 4 heteroatoms. The van der Waals surface area contributed by atoms with E-state index in [-0.39, 0.29) is 11.5 Å². The van der Waals surface area contributed by atoms with E-state index in [4.69, 9.17) is 5.73 Å². The molecular weight excluding hydrogens is 234 g/mol. The lowest BCUT2D eigenvalue weighted by molar-refractivity contribution is 0.544. The van der Waals surface area contributed by atoms with E-state index in [0.717, 1.165) is 16.7 Å². The van der Waals surface area contributed by atoms with Gasteiger partial charge in [-0.2, -0.15) is 0 Å². The van der Waals surface area contributed by atoms with Gasteiger partial charge in [0, 0.05) is 5.54 Å². The summed E-state index contributed by atoms with van der Waals surface area (Å²) in [5, 5.41) is 0. The smallest absolute Gasteiger partial charge is 0.156 e. The van der Waals surface area contributed by atoms with Crippen molar-refractivity contribution in [2.24, 2.45) is 5.73 Å². The van der Waals surface area contributed by atoms with Gasteiger partial charge in [-0.25, -0.2) is 8.42 Å². The van der Waals surface area contributed by atoms with Gasteiger partial charge in [-0.15, -0.1) is 0 Å². The Morgan fingerprint density at radius 1 is 1.12 bits per heavy atom. The Hall–Kier alpha value is -0.870. The van der Waals surface area contributed by atoms with Crippen molar-refractivity contribution in [2.75, 3.05) is 5.75 Å². The Morgan fingerprint density at radius 2 is 1.59 bits per heavy atom. The molecular formula is C13H21NO2S. The van der Waals surface area contributed by atoms with Crippen molar-refractivity contribution in [3.05, 3.63) is 34.9 Å². The summed E-state index contributed by atoms with van der Waals surface area (Å²) in [6, 6.07) is 5.85. The minimum Gasteiger partial charge on any atom is -0.325 e. The maximum absolute atomic E-state index is 12.0. The Morgan fingerprint density at radius 3 is 2.00 bits per heavy atom. The first-order chi connectivity index (χ1) is 7.57. The molecule has 0 radical (unpaired) electrons. The molecule has 0 aliphatic heterocycles. The lowest BCUT2D eigenvalue weighted by Crippen LogP contribution is -2.40. The maximum atomic E-state index is 12.0. The molecule has 96 valence electrons. The largest absolute Gasteiger partial charge is 0.325 e. The van der Waals surface area contributed by atoms with Crippen LogP contribution in [-0.4, -0.2) is 19.7 Å². The summed E-state index contributed by atoms with van der Waals surface area (Å²) in [4.78, 5) is 0. The van der Waals surface area contributed by atoms with Crippen LogP contribution in [0.25, 0.3) is 0 Å². The van der Waals surface area contributed by atoms with Gasteiger partial charge in [0.15, 0.2) is 9.84 Å². The van der Waals surface area contributed by atoms with Gasteiger partial charge in [0.1, 0.15) is 0 Å². The summed E-state index contributed by atoms with van der Waals surface area (Å²) < 4.78 is 23.9. The average molecular weight is 255 g/mol. The standard InChI is InChI=1S/C13H21NO2S/c1-10-5-11(2)7-12(6-10)8-17(15,16)9-13(3,4)14/h5-7H,8-9,14H2,1-4H3. The first-order valence-corrected chi connectivity index (χ1v) is 7.46. The van der Waals surface area contributed by atoms with Crippen LogP contribution >= 0.6 is 0 Å². The second-order valence-electron chi connectivity index (χ2n) is 5.52. The molecule has 3 nitrogen and oxygen atoms in total. The number of rotatable bonds is 4. The predicted molar refractivity (Wildman–Crippen MR) is 71.7 cm³/mol. The summed E-state index contributed by atoms with van der Waals surface area (Å²) in [7, 11) is -3.15. The van der Waals surface area contributed by atoms with Gasteiger partial charge in [0.05, 0.1) is 11.5 Å². The van der Waals surface area contributed by atoms with Crippen LogP contribution in [0, 0.1) is 13.8 Å². The number of aryl methyl sites for hydroxylation is 2. The van der Waals surface area contributed by atoms with E-state index in [2.05, 4.69) is 0 Å². The van der Waals surface area contributed by atoms with Crippen molar-refractivity contribution in [1.29, 1.82) is 0 Å². The highest BCUT2D eigenvalue weighted by molar-refractivity contribution is 7.90. The van der Waals surface area contributed by atoms with Gasteiger partial charge >= 0.3 is 0 Å². The second-order valence-corrected chi connectivity index (χ2v) is 7.58. The Kier molecular flexibility index (Phi) is 3.99. The van der Waals surface area contributed by atoms with Crippen LogP contribution in [0.5, 0.6) is 0 Å². The monoisotopic (exact) mass is 255 g/mol. The van der Waals surface area contributed by atoms with Crippen molar-refractivity contribution in [2.45, 2.75) is 39.0 Å². The van der Waals surface area contributed by atoms with E-state index in [1.54, 1.807) is 13.8 Å². The number of hydrogen-bond acceptors (Lipinski definition) is 3. The fraction of sp³-hybridized carbons (Fsp3) is 0.538. The summed E-state index contributed by atoms with van der Waals surface area (Å²) in [6.07, 6.45) is 0. The van der Waals surface area contributed by atoms with Crippen molar-refractivity contribution < 1.29 is 8.42 Å². The van der Waals surface area contributed by atoms with Crippen LogP contribution in [0.15, 0.2) is 18.2 Å². The third kappa shape index (κ3) is 5.33. The molecule has 1 aromatic rings. The number of nitrogens with two attached hydrogens (primary N) is 1. The van der Waals surface area contributed by atoms with Crippen LogP contribution in [0.3, 0.4) is 0 Å². The third-order valence-electron chi connectivity index (χ3n) is 2.26. The third-order valence-corrected chi connectivity index (χ3v) is 4.22. The second kappa shape index (κ2) is 4.78. The van der Waals surface area contributed by atoms with Crippen molar-refractivity contribution in [1.82, 2.24) is 0 Å².